The van der Waals surface area contributed by atoms with Crippen molar-refractivity contribution in [3.63, 3.8) is 0 Å². The summed E-state index contributed by atoms with van der Waals surface area (Å²) in [4.78, 5) is 8.58. The molecule has 0 radical (unpaired) electrons. The number of ether oxygens (including phenoxy) is 2. The Morgan fingerprint density at radius 1 is 1.50 bits per heavy atom. The molecule has 4 unspecified atom stereocenters. The Labute approximate surface area is 119 Å². The van der Waals surface area contributed by atoms with Crippen LogP contribution >= 0.6 is 0 Å². The molecule has 1 aliphatic carbocycles. The zero-order valence-electron chi connectivity index (χ0n) is 12.0. The monoisotopic (exact) mass is 278 g/mol. The van der Waals surface area contributed by atoms with Crippen LogP contribution in [0.5, 0.6) is 5.88 Å². The largest absolute Gasteiger partial charge is 0.475 e. The minimum absolute atomic E-state index is 0.0922. The van der Waals surface area contributed by atoms with Gasteiger partial charge >= 0.3 is 0 Å². The van der Waals surface area contributed by atoms with E-state index in [2.05, 4.69) is 15.3 Å². The van der Waals surface area contributed by atoms with Gasteiger partial charge in [-0.1, -0.05) is 0 Å². The Hall–Kier alpha value is -1.40. The van der Waals surface area contributed by atoms with E-state index in [9.17, 15) is 0 Å². The molecule has 1 aromatic rings. The minimum atomic E-state index is 0.0922. The van der Waals surface area contributed by atoms with Gasteiger partial charge in [0.1, 0.15) is 0 Å². The van der Waals surface area contributed by atoms with Crippen LogP contribution in [0.4, 0.5) is 5.95 Å². The molecule has 1 saturated carbocycles. The number of rotatable bonds is 4. The van der Waals surface area contributed by atoms with Crippen molar-refractivity contribution >= 4 is 5.95 Å². The molecule has 3 rings (SSSR count). The van der Waals surface area contributed by atoms with E-state index in [0.29, 0.717) is 17.7 Å². The normalized spacial score (nSPS) is 32.4. The number of aromatic nitrogens is 2. The molecule has 110 valence electrons. The molecule has 6 heteroatoms. The highest BCUT2D eigenvalue weighted by Crippen LogP contribution is 2.38. The first kappa shape index (κ1) is 13.6. The Balaban J connectivity index is 1.65. The third kappa shape index (κ3) is 2.58. The standard InChI is InChI=1S/C14H22N4O2/c1-8(2)20-10-5-6-16-14(17-10)18-12-11(15)9-4-3-7-19-13(9)12/h5-6,8-9,11-13H,3-4,7,15H2,1-2H3,(H,16,17,18). The van der Waals surface area contributed by atoms with Gasteiger partial charge in [0.05, 0.1) is 18.2 Å². The molecule has 2 heterocycles. The van der Waals surface area contributed by atoms with Crippen LogP contribution < -0.4 is 15.8 Å². The smallest absolute Gasteiger partial charge is 0.226 e. The fraction of sp³-hybridized carbons (Fsp3) is 0.714. The highest BCUT2D eigenvalue weighted by atomic mass is 16.5. The van der Waals surface area contributed by atoms with E-state index in [1.807, 2.05) is 13.8 Å². The Bertz CT molecular complexity index is 468. The molecular formula is C14H22N4O2. The molecule has 1 saturated heterocycles. The topological polar surface area (TPSA) is 82.3 Å². The van der Waals surface area contributed by atoms with Crippen molar-refractivity contribution < 1.29 is 9.47 Å². The predicted octanol–water partition coefficient (Wildman–Crippen LogP) is 1.18. The highest BCUT2D eigenvalue weighted by molar-refractivity contribution is 5.33. The summed E-state index contributed by atoms with van der Waals surface area (Å²) in [6.45, 7) is 4.76. The van der Waals surface area contributed by atoms with Crippen LogP contribution in [0, 0.1) is 5.92 Å². The van der Waals surface area contributed by atoms with E-state index in [1.54, 1.807) is 12.3 Å². The summed E-state index contributed by atoms with van der Waals surface area (Å²) in [6.07, 6.45) is 4.24. The summed E-state index contributed by atoms with van der Waals surface area (Å²) in [5.74, 6) is 1.60. The summed E-state index contributed by atoms with van der Waals surface area (Å²) in [7, 11) is 0. The lowest BCUT2D eigenvalue weighted by Gasteiger charge is -2.52. The molecule has 2 aliphatic rings. The summed E-state index contributed by atoms with van der Waals surface area (Å²) in [5.41, 5.74) is 6.21. The van der Waals surface area contributed by atoms with E-state index in [1.165, 1.54) is 0 Å². The summed E-state index contributed by atoms with van der Waals surface area (Å²) < 4.78 is 11.4. The molecule has 20 heavy (non-hydrogen) atoms. The molecule has 0 aromatic carbocycles. The second-order valence-corrected chi connectivity index (χ2v) is 5.77. The summed E-state index contributed by atoms with van der Waals surface area (Å²) in [6, 6.07) is 1.96. The molecule has 1 aliphatic heterocycles. The lowest BCUT2D eigenvalue weighted by molar-refractivity contribution is -0.104. The van der Waals surface area contributed by atoms with Crippen LogP contribution in [0.15, 0.2) is 12.3 Å². The molecule has 0 amide bonds. The van der Waals surface area contributed by atoms with Gasteiger partial charge in [-0.25, -0.2) is 4.98 Å². The van der Waals surface area contributed by atoms with Gasteiger partial charge in [0.25, 0.3) is 0 Å². The van der Waals surface area contributed by atoms with Crippen molar-refractivity contribution in [1.82, 2.24) is 9.97 Å². The van der Waals surface area contributed by atoms with E-state index in [4.69, 9.17) is 15.2 Å². The van der Waals surface area contributed by atoms with E-state index in [-0.39, 0.29) is 24.3 Å². The zero-order valence-corrected chi connectivity index (χ0v) is 12.0. The average molecular weight is 278 g/mol. The maximum absolute atomic E-state index is 6.21. The van der Waals surface area contributed by atoms with Crippen LogP contribution in [0.3, 0.4) is 0 Å². The molecule has 0 bridgehead atoms. The Kier molecular flexibility index (Phi) is 3.76. The van der Waals surface area contributed by atoms with Gasteiger partial charge in [-0.05, 0) is 26.7 Å². The van der Waals surface area contributed by atoms with Crippen molar-refractivity contribution in [1.29, 1.82) is 0 Å². The maximum Gasteiger partial charge on any atom is 0.226 e. The summed E-state index contributed by atoms with van der Waals surface area (Å²) >= 11 is 0. The number of anilines is 1. The first-order chi connectivity index (χ1) is 9.65. The van der Waals surface area contributed by atoms with Crippen molar-refractivity contribution in [3.05, 3.63) is 12.3 Å². The third-order valence-corrected chi connectivity index (χ3v) is 3.96. The van der Waals surface area contributed by atoms with Gasteiger partial charge in [-0.15, -0.1) is 0 Å². The first-order valence-electron chi connectivity index (χ1n) is 7.28. The Morgan fingerprint density at radius 3 is 3.15 bits per heavy atom. The SMILES string of the molecule is CC(C)Oc1ccnc(NC2C(N)C3CCCOC32)n1. The number of nitrogens with one attached hydrogen (secondary N) is 1. The van der Waals surface area contributed by atoms with Crippen molar-refractivity contribution in [2.24, 2.45) is 11.7 Å². The quantitative estimate of drug-likeness (QED) is 0.860. The van der Waals surface area contributed by atoms with Crippen molar-refractivity contribution in [2.75, 3.05) is 11.9 Å². The second-order valence-electron chi connectivity index (χ2n) is 5.77. The molecule has 4 atom stereocenters. The lowest BCUT2D eigenvalue weighted by atomic mass is 9.69. The second kappa shape index (κ2) is 5.54. The van der Waals surface area contributed by atoms with Gasteiger partial charge in [0, 0.05) is 30.8 Å². The van der Waals surface area contributed by atoms with Gasteiger partial charge in [-0.2, -0.15) is 4.98 Å². The first-order valence-corrected chi connectivity index (χ1v) is 7.28. The van der Waals surface area contributed by atoms with Crippen LogP contribution in [-0.2, 0) is 4.74 Å². The summed E-state index contributed by atoms with van der Waals surface area (Å²) in [5, 5.41) is 3.29. The van der Waals surface area contributed by atoms with Gasteiger partial charge in [0.15, 0.2) is 0 Å². The maximum atomic E-state index is 6.21. The Morgan fingerprint density at radius 2 is 2.35 bits per heavy atom. The molecule has 6 nitrogen and oxygen atoms in total. The van der Waals surface area contributed by atoms with Crippen molar-refractivity contribution in [3.8, 4) is 5.88 Å². The average Bonchev–Trinajstić information content (AvgIpc) is 2.44. The fourth-order valence-electron chi connectivity index (χ4n) is 2.99. The van der Waals surface area contributed by atoms with Crippen LogP contribution in [0.2, 0.25) is 0 Å². The fourth-order valence-corrected chi connectivity index (χ4v) is 2.99. The van der Waals surface area contributed by atoms with Crippen LogP contribution in [0.25, 0.3) is 0 Å². The molecule has 3 N–H and O–H groups in total. The number of nitrogens with two attached hydrogens (primary N) is 1. The predicted molar refractivity (Wildman–Crippen MR) is 75.6 cm³/mol. The lowest BCUT2D eigenvalue weighted by Crippen LogP contribution is -2.69. The number of fused-ring (bicyclic) bond motifs is 1. The number of hydrogen-bond donors (Lipinski definition) is 2. The zero-order chi connectivity index (χ0) is 14.1. The number of hydrogen-bond acceptors (Lipinski definition) is 6. The van der Waals surface area contributed by atoms with Crippen LogP contribution in [-0.4, -0.2) is 40.9 Å². The minimum Gasteiger partial charge on any atom is -0.475 e. The van der Waals surface area contributed by atoms with Crippen LogP contribution in [0.1, 0.15) is 26.7 Å². The van der Waals surface area contributed by atoms with E-state index >= 15 is 0 Å². The molecule has 0 spiro atoms. The molecular weight excluding hydrogens is 256 g/mol. The van der Waals surface area contributed by atoms with Gasteiger partial charge in [-0.3, -0.25) is 0 Å². The van der Waals surface area contributed by atoms with Crippen molar-refractivity contribution in [2.45, 2.75) is 51.0 Å². The van der Waals surface area contributed by atoms with E-state index in [0.717, 1.165) is 19.4 Å². The van der Waals surface area contributed by atoms with E-state index < -0.39 is 0 Å². The highest BCUT2D eigenvalue weighted by Gasteiger charge is 2.50. The molecule has 1 aromatic heterocycles. The molecule has 2 fully saturated rings. The van der Waals surface area contributed by atoms with Gasteiger partial charge < -0.3 is 20.5 Å². The number of nitrogens with zero attached hydrogens (tertiary/aromatic N) is 2. The third-order valence-electron chi connectivity index (χ3n) is 3.96. The van der Waals surface area contributed by atoms with Gasteiger partial charge in [0.2, 0.25) is 11.8 Å².